The largest absolute Gasteiger partial charge is 0.393 e. The average molecular weight is 346 g/mol. The number of para-hydroxylation sites is 2. The Morgan fingerprint density at radius 2 is 1.96 bits per heavy atom. The molecule has 2 aromatic rings. The predicted molar refractivity (Wildman–Crippen MR) is 95.8 cm³/mol. The number of rotatable bonds is 3. The molecule has 1 fully saturated rings. The van der Waals surface area contributed by atoms with Crippen molar-refractivity contribution in [2.75, 3.05) is 23.3 Å². The number of carbonyl (C=O) groups is 1. The lowest BCUT2D eigenvalue weighted by molar-refractivity contribution is 0.102. The molecule has 0 unspecified atom stereocenters. The van der Waals surface area contributed by atoms with Gasteiger partial charge >= 0.3 is 0 Å². The fraction of sp³-hybridized carbons (Fsp3) is 0.333. The zero-order valence-electron chi connectivity index (χ0n) is 13.5. The van der Waals surface area contributed by atoms with E-state index >= 15 is 0 Å². The van der Waals surface area contributed by atoms with Crippen LogP contribution in [0.2, 0.25) is 5.15 Å². The molecule has 1 aromatic heterocycles. The molecular formula is C18H20ClN3O2. The van der Waals surface area contributed by atoms with Gasteiger partial charge in [-0.3, -0.25) is 4.79 Å². The Morgan fingerprint density at radius 1 is 1.25 bits per heavy atom. The first kappa shape index (κ1) is 16.7. The van der Waals surface area contributed by atoms with E-state index in [2.05, 4.69) is 15.2 Å². The molecule has 2 heterocycles. The molecule has 0 atom stereocenters. The molecule has 24 heavy (non-hydrogen) atoms. The van der Waals surface area contributed by atoms with Gasteiger partial charge in [-0.15, -0.1) is 0 Å². The van der Waals surface area contributed by atoms with Gasteiger partial charge < -0.3 is 15.3 Å². The van der Waals surface area contributed by atoms with Crippen molar-refractivity contribution in [3.63, 3.8) is 0 Å². The van der Waals surface area contributed by atoms with Crippen LogP contribution >= 0.6 is 11.6 Å². The van der Waals surface area contributed by atoms with Crippen molar-refractivity contribution < 1.29 is 9.90 Å². The van der Waals surface area contributed by atoms with Crippen LogP contribution in [0.4, 0.5) is 11.4 Å². The van der Waals surface area contributed by atoms with Crippen molar-refractivity contribution in [2.24, 2.45) is 0 Å². The molecular weight excluding hydrogens is 326 g/mol. The van der Waals surface area contributed by atoms with Crippen LogP contribution in [0.1, 0.15) is 28.9 Å². The maximum atomic E-state index is 12.6. The highest BCUT2D eigenvalue weighted by Crippen LogP contribution is 2.29. The number of carbonyl (C=O) groups excluding carboxylic acids is 1. The standard InChI is InChI=1S/C18H20ClN3O2/c1-12-14(6-7-17(19)20-12)18(24)21-15-4-2-3-5-16(15)22-10-8-13(23)9-11-22/h2-7,13,23H,8-11H2,1H3,(H,21,24). The molecule has 6 heteroatoms. The van der Waals surface area contributed by atoms with Crippen molar-refractivity contribution in [1.29, 1.82) is 0 Å². The fourth-order valence-corrected chi connectivity index (χ4v) is 3.11. The summed E-state index contributed by atoms with van der Waals surface area (Å²) in [7, 11) is 0. The van der Waals surface area contributed by atoms with Crippen molar-refractivity contribution in [2.45, 2.75) is 25.9 Å². The lowest BCUT2D eigenvalue weighted by Gasteiger charge is -2.32. The highest BCUT2D eigenvalue weighted by Gasteiger charge is 2.20. The molecule has 1 amide bonds. The second kappa shape index (κ2) is 7.20. The quantitative estimate of drug-likeness (QED) is 0.838. The molecule has 1 aliphatic heterocycles. The number of benzene rings is 1. The van der Waals surface area contributed by atoms with Crippen LogP contribution in [0.5, 0.6) is 0 Å². The third kappa shape index (κ3) is 3.68. The third-order valence-electron chi connectivity index (χ3n) is 4.25. The fourth-order valence-electron chi connectivity index (χ4n) is 2.92. The third-order valence-corrected chi connectivity index (χ3v) is 4.46. The Balaban J connectivity index is 1.81. The number of aromatic nitrogens is 1. The topological polar surface area (TPSA) is 65.5 Å². The Labute approximate surface area is 146 Å². The highest BCUT2D eigenvalue weighted by molar-refractivity contribution is 6.29. The van der Waals surface area contributed by atoms with E-state index in [1.54, 1.807) is 19.1 Å². The molecule has 2 N–H and O–H groups in total. The first-order valence-electron chi connectivity index (χ1n) is 8.01. The van der Waals surface area contributed by atoms with Gasteiger partial charge in [0.1, 0.15) is 5.15 Å². The SMILES string of the molecule is Cc1nc(Cl)ccc1C(=O)Nc1ccccc1N1CCC(O)CC1. The van der Waals surface area contributed by atoms with Gasteiger partial charge in [0.2, 0.25) is 0 Å². The van der Waals surface area contributed by atoms with Gasteiger partial charge in [0.15, 0.2) is 0 Å². The number of nitrogens with zero attached hydrogens (tertiary/aromatic N) is 2. The summed E-state index contributed by atoms with van der Waals surface area (Å²) in [5.41, 5.74) is 2.83. The van der Waals surface area contributed by atoms with Crippen LogP contribution in [0.3, 0.4) is 0 Å². The molecule has 0 aliphatic carbocycles. The number of aryl methyl sites for hydroxylation is 1. The van der Waals surface area contributed by atoms with Gasteiger partial charge in [-0.1, -0.05) is 23.7 Å². The summed E-state index contributed by atoms with van der Waals surface area (Å²) < 4.78 is 0. The zero-order chi connectivity index (χ0) is 17.1. The number of nitrogens with one attached hydrogen (secondary N) is 1. The number of hydrogen-bond acceptors (Lipinski definition) is 4. The maximum absolute atomic E-state index is 12.6. The first-order valence-corrected chi connectivity index (χ1v) is 8.39. The molecule has 0 saturated carbocycles. The molecule has 1 aromatic carbocycles. The lowest BCUT2D eigenvalue weighted by atomic mass is 10.1. The summed E-state index contributed by atoms with van der Waals surface area (Å²) in [5.74, 6) is -0.207. The number of aliphatic hydroxyl groups excluding tert-OH is 1. The van der Waals surface area contributed by atoms with E-state index < -0.39 is 0 Å². The van der Waals surface area contributed by atoms with Crippen molar-refractivity contribution in [1.82, 2.24) is 4.98 Å². The molecule has 0 bridgehead atoms. The number of halogens is 1. The molecule has 3 rings (SSSR count). The Kier molecular flexibility index (Phi) is 5.02. The Bertz CT molecular complexity index is 743. The van der Waals surface area contributed by atoms with Gasteiger partial charge in [0.25, 0.3) is 5.91 Å². The monoisotopic (exact) mass is 345 g/mol. The number of amides is 1. The van der Waals surface area contributed by atoms with E-state index in [4.69, 9.17) is 11.6 Å². The average Bonchev–Trinajstić information content (AvgIpc) is 2.56. The van der Waals surface area contributed by atoms with E-state index in [1.165, 1.54) is 0 Å². The van der Waals surface area contributed by atoms with Gasteiger partial charge in [0.05, 0.1) is 28.7 Å². The van der Waals surface area contributed by atoms with E-state index in [-0.39, 0.29) is 12.0 Å². The smallest absolute Gasteiger partial charge is 0.257 e. The molecule has 1 saturated heterocycles. The number of aliphatic hydroxyl groups is 1. The second-order valence-corrected chi connectivity index (χ2v) is 6.34. The van der Waals surface area contributed by atoms with Crippen LogP contribution in [-0.4, -0.2) is 35.2 Å². The van der Waals surface area contributed by atoms with Crippen molar-refractivity contribution in [3.8, 4) is 0 Å². The Morgan fingerprint density at radius 3 is 2.67 bits per heavy atom. The molecule has 126 valence electrons. The number of piperidine rings is 1. The van der Waals surface area contributed by atoms with Gasteiger partial charge in [-0.05, 0) is 44.0 Å². The van der Waals surface area contributed by atoms with Crippen LogP contribution in [0.25, 0.3) is 0 Å². The second-order valence-electron chi connectivity index (χ2n) is 5.96. The van der Waals surface area contributed by atoms with E-state index in [1.807, 2.05) is 24.3 Å². The van der Waals surface area contributed by atoms with Crippen LogP contribution < -0.4 is 10.2 Å². The van der Waals surface area contributed by atoms with E-state index in [0.29, 0.717) is 16.4 Å². The minimum atomic E-state index is -0.231. The zero-order valence-corrected chi connectivity index (χ0v) is 14.3. The summed E-state index contributed by atoms with van der Waals surface area (Å²) in [5, 5.41) is 13.0. The minimum Gasteiger partial charge on any atom is -0.393 e. The molecule has 0 spiro atoms. The predicted octanol–water partition coefficient (Wildman–Crippen LogP) is 3.26. The van der Waals surface area contributed by atoms with Gasteiger partial charge in [-0.25, -0.2) is 4.98 Å². The highest BCUT2D eigenvalue weighted by atomic mass is 35.5. The maximum Gasteiger partial charge on any atom is 0.257 e. The number of pyridine rings is 1. The van der Waals surface area contributed by atoms with E-state index in [9.17, 15) is 9.90 Å². The van der Waals surface area contributed by atoms with Crippen molar-refractivity contribution >= 4 is 28.9 Å². The number of hydrogen-bond donors (Lipinski definition) is 2. The minimum absolute atomic E-state index is 0.207. The summed E-state index contributed by atoms with van der Waals surface area (Å²) >= 11 is 5.85. The summed E-state index contributed by atoms with van der Waals surface area (Å²) in [6, 6.07) is 11.0. The van der Waals surface area contributed by atoms with Gasteiger partial charge in [-0.2, -0.15) is 0 Å². The number of anilines is 2. The van der Waals surface area contributed by atoms with Crippen LogP contribution in [0, 0.1) is 6.92 Å². The normalized spacial score (nSPS) is 15.4. The molecule has 5 nitrogen and oxygen atoms in total. The van der Waals surface area contributed by atoms with Gasteiger partial charge in [0, 0.05) is 13.1 Å². The van der Waals surface area contributed by atoms with Crippen LogP contribution in [0.15, 0.2) is 36.4 Å². The lowest BCUT2D eigenvalue weighted by Crippen LogP contribution is -2.36. The summed E-state index contributed by atoms with van der Waals surface area (Å²) in [6.45, 7) is 3.31. The van der Waals surface area contributed by atoms with Crippen molar-refractivity contribution in [3.05, 3.63) is 52.8 Å². The molecule has 0 radical (unpaired) electrons. The summed E-state index contributed by atoms with van der Waals surface area (Å²) in [4.78, 5) is 18.9. The Hall–Kier alpha value is -2.11. The van der Waals surface area contributed by atoms with Crippen LogP contribution in [-0.2, 0) is 0 Å². The summed E-state index contributed by atoms with van der Waals surface area (Å²) in [6.07, 6.45) is 1.25. The molecule has 1 aliphatic rings. The van der Waals surface area contributed by atoms with E-state index in [0.717, 1.165) is 37.3 Å². The first-order chi connectivity index (χ1) is 11.5.